The number of alkyl halides is 3. The third kappa shape index (κ3) is 12.3. The third-order valence-electron chi connectivity index (χ3n) is 3.22. The summed E-state index contributed by atoms with van der Waals surface area (Å²) < 4.78 is 52.0. The van der Waals surface area contributed by atoms with E-state index in [1.165, 1.54) is 6.92 Å². The van der Waals surface area contributed by atoms with Crippen molar-refractivity contribution in [3.05, 3.63) is 12.2 Å². The van der Waals surface area contributed by atoms with Gasteiger partial charge in [0, 0.05) is 6.08 Å². The first-order valence-electron chi connectivity index (χ1n) is 8.68. The van der Waals surface area contributed by atoms with Crippen LogP contribution in [0, 0.1) is 5.92 Å². The number of rotatable bonds is 8. The van der Waals surface area contributed by atoms with Crippen LogP contribution in [0.4, 0.5) is 18.0 Å². The number of carbonyl (C=O) groups is 2. The van der Waals surface area contributed by atoms with Crippen LogP contribution < -0.4 is 5.32 Å². The number of amides is 1. The lowest BCUT2D eigenvalue weighted by atomic mass is 10.0. The minimum Gasteiger partial charge on any atom is -0.458 e. The fourth-order valence-electron chi connectivity index (χ4n) is 2.04. The Kier molecular flexibility index (Phi) is 9.84. The van der Waals surface area contributed by atoms with Gasteiger partial charge in [0.15, 0.2) is 0 Å². The number of halogens is 3. The van der Waals surface area contributed by atoms with Crippen molar-refractivity contribution in [2.75, 3.05) is 6.61 Å². The molecule has 0 aliphatic rings. The van der Waals surface area contributed by atoms with Crippen molar-refractivity contribution in [3.8, 4) is 0 Å². The van der Waals surface area contributed by atoms with Gasteiger partial charge in [-0.15, -0.1) is 0 Å². The van der Waals surface area contributed by atoms with Crippen LogP contribution in [-0.4, -0.2) is 48.7 Å². The molecule has 9 heteroatoms. The molecule has 0 fully saturated rings. The van der Waals surface area contributed by atoms with Gasteiger partial charge >= 0.3 is 18.2 Å². The zero-order valence-corrected chi connectivity index (χ0v) is 16.8. The summed E-state index contributed by atoms with van der Waals surface area (Å²) in [6, 6.07) is -0.960. The first-order valence-corrected chi connectivity index (χ1v) is 8.68. The third-order valence-corrected chi connectivity index (χ3v) is 3.22. The molecule has 0 aliphatic heterocycles. The predicted octanol–water partition coefficient (Wildman–Crippen LogP) is 3.99. The quantitative estimate of drug-likeness (QED) is 0.495. The maximum atomic E-state index is 12.2. The normalized spacial score (nSPS) is 16.1. The molecule has 0 spiro atoms. The van der Waals surface area contributed by atoms with E-state index < -0.39 is 42.1 Å². The summed E-state index contributed by atoms with van der Waals surface area (Å²) in [5, 5.41) is 2.38. The van der Waals surface area contributed by atoms with Crippen LogP contribution in [0.5, 0.6) is 0 Å². The Balaban J connectivity index is 4.68. The highest BCUT2D eigenvalue weighted by atomic mass is 19.4. The van der Waals surface area contributed by atoms with Gasteiger partial charge in [-0.05, 0) is 40.5 Å². The summed E-state index contributed by atoms with van der Waals surface area (Å²) in [4.78, 5) is 23.9. The Morgan fingerprint density at radius 2 is 1.63 bits per heavy atom. The van der Waals surface area contributed by atoms with Crippen LogP contribution >= 0.6 is 0 Å². The molecule has 3 atom stereocenters. The van der Waals surface area contributed by atoms with Gasteiger partial charge in [-0.3, -0.25) is 0 Å². The predicted molar refractivity (Wildman–Crippen MR) is 94.2 cm³/mol. The van der Waals surface area contributed by atoms with Crippen molar-refractivity contribution < 1.29 is 37.0 Å². The second-order valence-electron chi connectivity index (χ2n) is 7.50. The number of hydrogen-bond donors (Lipinski definition) is 1. The summed E-state index contributed by atoms with van der Waals surface area (Å²) in [6.45, 7) is 11.4. The molecule has 0 bridgehead atoms. The molecule has 0 aromatic rings. The molecule has 1 unspecified atom stereocenters. The number of esters is 1. The Morgan fingerprint density at radius 1 is 1.07 bits per heavy atom. The molecule has 1 amide bonds. The Bertz CT molecular complexity index is 512. The zero-order valence-electron chi connectivity index (χ0n) is 16.8. The van der Waals surface area contributed by atoms with Gasteiger partial charge in [-0.25, -0.2) is 9.59 Å². The maximum Gasteiger partial charge on any atom is 0.409 e. The first-order chi connectivity index (χ1) is 12.1. The molecule has 0 saturated carbocycles. The van der Waals surface area contributed by atoms with Crippen molar-refractivity contribution in [3.63, 3.8) is 0 Å². The van der Waals surface area contributed by atoms with Crippen molar-refractivity contribution in [2.24, 2.45) is 5.92 Å². The molecular weight excluding hydrogens is 367 g/mol. The van der Waals surface area contributed by atoms with E-state index in [4.69, 9.17) is 14.2 Å². The fraction of sp³-hybridized carbons (Fsp3) is 0.778. The molecule has 27 heavy (non-hydrogen) atoms. The standard InChI is InChI=1S/C18H30F3NO5/c1-11(2)14(13(4)25-10-8-9-18(19,20)21)26-15(23)12(3)22-16(24)27-17(5,6)7/h8-9,11-14H,10H2,1-7H3,(H,22,24)/b9-8+/t12-,13-,14?/m0/s1. The highest BCUT2D eigenvalue weighted by Crippen LogP contribution is 2.17. The molecule has 158 valence electrons. The van der Waals surface area contributed by atoms with E-state index >= 15 is 0 Å². The number of ether oxygens (including phenoxy) is 3. The number of allylic oxidation sites excluding steroid dienone is 1. The van der Waals surface area contributed by atoms with Crippen LogP contribution in [0.1, 0.15) is 48.5 Å². The summed E-state index contributed by atoms with van der Waals surface area (Å²) in [5.41, 5.74) is -0.708. The first kappa shape index (κ1) is 25.2. The summed E-state index contributed by atoms with van der Waals surface area (Å²) >= 11 is 0. The van der Waals surface area contributed by atoms with Crippen LogP contribution in [0.2, 0.25) is 0 Å². The Morgan fingerprint density at radius 3 is 2.07 bits per heavy atom. The lowest BCUT2D eigenvalue weighted by Crippen LogP contribution is -2.45. The molecule has 6 nitrogen and oxygen atoms in total. The van der Waals surface area contributed by atoms with Crippen LogP contribution in [0.3, 0.4) is 0 Å². The smallest absolute Gasteiger partial charge is 0.409 e. The minimum absolute atomic E-state index is 0.0862. The van der Waals surface area contributed by atoms with Crippen molar-refractivity contribution in [1.29, 1.82) is 0 Å². The van der Waals surface area contributed by atoms with Crippen LogP contribution in [0.15, 0.2) is 12.2 Å². The fourth-order valence-corrected chi connectivity index (χ4v) is 2.04. The molecular formula is C18H30F3NO5. The van der Waals surface area contributed by atoms with Crippen LogP contribution in [0.25, 0.3) is 0 Å². The number of nitrogens with one attached hydrogen (secondary N) is 1. The number of alkyl carbamates (subject to hydrolysis) is 1. The average molecular weight is 397 g/mol. The average Bonchev–Trinajstić information content (AvgIpc) is 2.45. The van der Waals surface area contributed by atoms with Crippen molar-refractivity contribution in [1.82, 2.24) is 5.32 Å². The van der Waals surface area contributed by atoms with Gasteiger partial charge in [0.05, 0.1) is 12.7 Å². The highest BCUT2D eigenvalue weighted by molar-refractivity contribution is 5.81. The maximum absolute atomic E-state index is 12.2. The Labute approximate surface area is 158 Å². The molecule has 1 N–H and O–H groups in total. The van der Waals surface area contributed by atoms with Crippen LogP contribution in [-0.2, 0) is 19.0 Å². The van der Waals surface area contributed by atoms with Gasteiger partial charge < -0.3 is 19.5 Å². The van der Waals surface area contributed by atoms with Crippen molar-refractivity contribution in [2.45, 2.75) is 78.5 Å². The molecule has 0 saturated heterocycles. The Hall–Kier alpha value is -1.77. The minimum atomic E-state index is -4.40. The largest absolute Gasteiger partial charge is 0.458 e. The van der Waals surface area contributed by atoms with E-state index in [1.807, 2.05) is 0 Å². The van der Waals surface area contributed by atoms with E-state index in [0.717, 1.165) is 6.08 Å². The second kappa shape index (κ2) is 10.5. The number of carbonyl (C=O) groups excluding carboxylic acids is 2. The SMILES string of the molecule is CC(C)C(OC(=O)[C@H](C)NC(=O)OC(C)(C)C)[C@H](C)OC/C=C/C(F)(F)F. The summed E-state index contributed by atoms with van der Waals surface area (Å²) in [7, 11) is 0. The zero-order chi connectivity index (χ0) is 21.4. The van der Waals surface area contributed by atoms with Gasteiger partial charge in [-0.2, -0.15) is 13.2 Å². The number of hydrogen-bond acceptors (Lipinski definition) is 5. The lowest BCUT2D eigenvalue weighted by Gasteiger charge is -2.28. The van der Waals surface area contributed by atoms with E-state index in [9.17, 15) is 22.8 Å². The summed E-state index contributed by atoms with van der Waals surface area (Å²) in [6.07, 6.45) is -5.56. The van der Waals surface area contributed by atoms with Gasteiger partial charge in [0.25, 0.3) is 0 Å². The molecule has 0 aromatic carbocycles. The van der Waals surface area contributed by atoms with Gasteiger partial charge in [0.2, 0.25) is 0 Å². The van der Waals surface area contributed by atoms with Gasteiger partial charge in [0.1, 0.15) is 17.7 Å². The topological polar surface area (TPSA) is 73.9 Å². The molecule has 0 heterocycles. The molecule has 0 aromatic heterocycles. The van der Waals surface area contributed by atoms with E-state index in [1.54, 1.807) is 41.5 Å². The van der Waals surface area contributed by atoms with Crippen molar-refractivity contribution >= 4 is 12.1 Å². The van der Waals surface area contributed by atoms with E-state index in [0.29, 0.717) is 0 Å². The summed E-state index contributed by atoms with van der Waals surface area (Å²) in [5.74, 6) is -0.842. The molecule has 0 aliphatic carbocycles. The van der Waals surface area contributed by atoms with E-state index in [-0.39, 0.29) is 18.6 Å². The molecule has 0 rings (SSSR count). The monoisotopic (exact) mass is 397 g/mol. The second-order valence-corrected chi connectivity index (χ2v) is 7.50. The van der Waals surface area contributed by atoms with E-state index in [2.05, 4.69) is 5.32 Å². The lowest BCUT2D eigenvalue weighted by molar-refractivity contribution is -0.162. The highest BCUT2D eigenvalue weighted by Gasteiger charge is 2.29. The molecule has 0 radical (unpaired) electrons. The van der Waals surface area contributed by atoms with Gasteiger partial charge in [-0.1, -0.05) is 19.9 Å².